The minimum atomic E-state index is -0.209. The van der Waals surface area contributed by atoms with Crippen LogP contribution < -0.4 is 0 Å². The second-order valence-corrected chi connectivity index (χ2v) is 9.45. The van der Waals surface area contributed by atoms with Gasteiger partial charge < -0.3 is 9.80 Å². The molecule has 0 aromatic rings. The molecule has 4 fully saturated rings. The minimum Gasteiger partial charge on any atom is -0.342 e. The standard InChI is InChI=1S/C22H33N3O4/c1-15-5-4-10-24(13-15)20(27)16-8-11-23(12-9-16)19(26)14-25-21(28)17-6-2-3-7-18(17)22(25)29/h15-18H,2-14H2,1H3. The summed E-state index contributed by atoms with van der Waals surface area (Å²) in [6.07, 6.45) is 7.10. The van der Waals surface area contributed by atoms with E-state index in [1.807, 2.05) is 4.90 Å². The minimum absolute atomic E-state index is 0.0118. The Morgan fingerprint density at radius 3 is 2.03 bits per heavy atom. The van der Waals surface area contributed by atoms with Gasteiger partial charge in [-0.15, -0.1) is 0 Å². The number of hydrogen-bond donors (Lipinski definition) is 0. The van der Waals surface area contributed by atoms with E-state index in [1.165, 1.54) is 11.3 Å². The van der Waals surface area contributed by atoms with E-state index in [1.54, 1.807) is 4.90 Å². The van der Waals surface area contributed by atoms with E-state index in [0.717, 1.165) is 45.2 Å². The third kappa shape index (κ3) is 4.05. The second-order valence-electron chi connectivity index (χ2n) is 9.45. The maximum absolute atomic E-state index is 12.8. The largest absolute Gasteiger partial charge is 0.342 e. The molecule has 0 aromatic carbocycles. The van der Waals surface area contributed by atoms with Crippen molar-refractivity contribution in [3.05, 3.63) is 0 Å². The van der Waals surface area contributed by atoms with E-state index < -0.39 is 0 Å². The van der Waals surface area contributed by atoms with Gasteiger partial charge in [0, 0.05) is 32.1 Å². The van der Waals surface area contributed by atoms with E-state index in [2.05, 4.69) is 6.92 Å². The molecule has 0 bridgehead atoms. The molecule has 7 nitrogen and oxygen atoms in total. The predicted octanol–water partition coefficient (Wildman–Crippen LogP) is 1.66. The summed E-state index contributed by atoms with van der Waals surface area (Å²) in [5.74, 6) is -0.107. The number of amides is 4. The first-order valence-electron chi connectivity index (χ1n) is 11.4. The molecule has 1 saturated carbocycles. The zero-order chi connectivity index (χ0) is 20.5. The topological polar surface area (TPSA) is 78.0 Å². The fraction of sp³-hybridized carbons (Fsp3) is 0.818. The molecule has 4 amide bonds. The molecule has 3 saturated heterocycles. The third-order valence-corrected chi connectivity index (χ3v) is 7.39. The van der Waals surface area contributed by atoms with Gasteiger partial charge in [-0.05, 0) is 44.4 Å². The van der Waals surface area contributed by atoms with Crippen LogP contribution in [0.2, 0.25) is 0 Å². The predicted molar refractivity (Wildman–Crippen MR) is 106 cm³/mol. The van der Waals surface area contributed by atoms with Crippen molar-refractivity contribution >= 4 is 23.6 Å². The highest BCUT2D eigenvalue weighted by Crippen LogP contribution is 2.38. The molecule has 29 heavy (non-hydrogen) atoms. The summed E-state index contributed by atoms with van der Waals surface area (Å²) in [7, 11) is 0. The Bertz CT molecular complexity index is 662. The lowest BCUT2D eigenvalue weighted by Crippen LogP contribution is -2.49. The zero-order valence-electron chi connectivity index (χ0n) is 17.5. The van der Waals surface area contributed by atoms with Crippen LogP contribution in [-0.2, 0) is 19.2 Å². The highest BCUT2D eigenvalue weighted by Gasteiger charge is 2.48. The van der Waals surface area contributed by atoms with E-state index in [9.17, 15) is 19.2 Å². The highest BCUT2D eigenvalue weighted by atomic mass is 16.2. The Morgan fingerprint density at radius 2 is 1.45 bits per heavy atom. The van der Waals surface area contributed by atoms with E-state index >= 15 is 0 Å². The van der Waals surface area contributed by atoms with Crippen molar-refractivity contribution < 1.29 is 19.2 Å². The van der Waals surface area contributed by atoms with Crippen molar-refractivity contribution in [1.82, 2.24) is 14.7 Å². The number of fused-ring (bicyclic) bond motifs is 1. The quantitative estimate of drug-likeness (QED) is 0.672. The van der Waals surface area contributed by atoms with Crippen LogP contribution in [0.3, 0.4) is 0 Å². The Kier molecular flexibility index (Phi) is 5.93. The SMILES string of the molecule is CC1CCCN(C(=O)C2CCN(C(=O)CN3C(=O)C4CCCCC4C3=O)CC2)C1. The summed E-state index contributed by atoms with van der Waals surface area (Å²) in [6.45, 7) is 4.82. The molecule has 3 aliphatic heterocycles. The molecule has 3 heterocycles. The Morgan fingerprint density at radius 1 is 0.828 bits per heavy atom. The molecule has 3 atom stereocenters. The van der Waals surface area contributed by atoms with Gasteiger partial charge in [0.25, 0.3) is 0 Å². The van der Waals surface area contributed by atoms with Gasteiger partial charge in [-0.1, -0.05) is 19.8 Å². The van der Waals surface area contributed by atoms with Gasteiger partial charge in [0.2, 0.25) is 23.6 Å². The molecule has 160 valence electrons. The molecule has 0 spiro atoms. The zero-order valence-corrected chi connectivity index (χ0v) is 17.5. The van der Waals surface area contributed by atoms with Gasteiger partial charge in [-0.2, -0.15) is 0 Å². The number of carbonyl (C=O) groups is 4. The first kappa shape index (κ1) is 20.4. The van der Waals surface area contributed by atoms with Crippen LogP contribution >= 0.6 is 0 Å². The molecule has 0 N–H and O–H groups in total. The first-order chi connectivity index (χ1) is 14.0. The van der Waals surface area contributed by atoms with E-state index in [0.29, 0.717) is 31.8 Å². The molecular weight excluding hydrogens is 370 g/mol. The number of carbonyl (C=O) groups excluding carboxylic acids is 4. The highest BCUT2D eigenvalue weighted by molar-refractivity contribution is 6.07. The van der Waals surface area contributed by atoms with Gasteiger partial charge in [-0.3, -0.25) is 24.1 Å². The second kappa shape index (κ2) is 8.44. The summed E-state index contributed by atoms with van der Waals surface area (Å²) in [5.41, 5.74) is 0. The number of piperidine rings is 2. The van der Waals surface area contributed by atoms with Crippen LogP contribution in [0.15, 0.2) is 0 Å². The Hall–Kier alpha value is -1.92. The lowest BCUT2D eigenvalue weighted by Gasteiger charge is -2.37. The maximum atomic E-state index is 12.8. The monoisotopic (exact) mass is 403 g/mol. The summed E-state index contributed by atoms with van der Waals surface area (Å²) < 4.78 is 0. The van der Waals surface area contributed by atoms with Crippen LogP contribution in [0, 0.1) is 23.7 Å². The molecule has 1 aliphatic carbocycles. The van der Waals surface area contributed by atoms with Gasteiger partial charge >= 0.3 is 0 Å². The maximum Gasteiger partial charge on any atom is 0.242 e. The molecule has 0 aromatic heterocycles. The van der Waals surface area contributed by atoms with E-state index in [-0.39, 0.29) is 47.9 Å². The lowest BCUT2D eigenvalue weighted by atomic mass is 9.81. The summed E-state index contributed by atoms with van der Waals surface area (Å²) in [4.78, 5) is 55.7. The van der Waals surface area contributed by atoms with Crippen LogP contribution in [0.4, 0.5) is 0 Å². The van der Waals surface area contributed by atoms with Crippen LogP contribution in [-0.4, -0.2) is 71.1 Å². The van der Waals surface area contributed by atoms with Crippen molar-refractivity contribution in [2.75, 3.05) is 32.7 Å². The molecular formula is C22H33N3O4. The number of likely N-dealkylation sites (tertiary alicyclic amines) is 3. The molecule has 4 aliphatic rings. The molecule has 7 heteroatoms. The lowest BCUT2D eigenvalue weighted by molar-refractivity contribution is -0.148. The molecule has 4 rings (SSSR count). The number of nitrogens with zero attached hydrogens (tertiary/aromatic N) is 3. The van der Waals surface area contributed by atoms with Crippen molar-refractivity contribution in [2.24, 2.45) is 23.7 Å². The summed E-state index contributed by atoms with van der Waals surface area (Å²) in [6, 6.07) is 0. The van der Waals surface area contributed by atoms with Gasteiger partial charge in [0.1, 0.15) is 6.54 Å². The normalized spacial score (nSPS) is 31.2. The van der Waals surface area contributed by atoms with Crippen molar-refractivity contribution in [2.45, 2.75) is 58.3 Å². The number of rotatable bonds is 3. The van der Waals surface area contributed by atoms with Crippen LogP contribution in [0.5, 0.6) is 0 Å². The van der Waals surface area contributed by atoms with Gasteiger partial charge in [0.05, 0.1) is 11.8 Å². The molecule has 0 radical (unpaired) electrons. The van der Waals surface area contributed by atoms with Crippen molar-refractivity contribution in [3.63, 3.8) is 0 Å². The Labute approximate surface area is 172 Å². The summed E-state index contributed by atoms with van der Waals surface area (Å²) in [5, 5.41) is 0. The van der Waals surface area contributed by atoms with Crippen LogP contribution in [0.1, 0.15) is 58.3 Å². The fourth-order valence-corrected chi connectivity index (χ4v) is 5.65. The smallest absolute Gasteiger partial charge is 0.242 e. The van der Waals surface area contributed by atoms with Crippen molar-refractivity contribution in [1.29, 1.82) is 0 Å². The Balaban J connectivity index is 1.28. The van der Waals surface area contributed by atoms with Crippen LogP contribution in [0.25, 0.3) is 0 Å². The average Bonchev–Trinajstić information content (AvgIpc) is 2.98. The molecule has 3 unspecified atom stereocenters. The van der Waals surface area contributed by atoms with E-state index in [4.69, 9.17) is 0 Å². The fourth-order valence-electron chi connectivity index (χ4n) is 5.65. The van der Waals surface area contributed by atoms with Crippen molar-refractivity contribution in [3.8, 4) is 0 Å². The third-order valence-electron chi connectivity index (χ3n) is 7.39. The van der Waals surface area contributed by atoms with Gasteiger partial charge in [-0.25, -0.2) is 0 Å². The first-order valence-corrected chi connectivity index (χ1v) is 11.4. The van der Waals surface area contributed by atoms with Gasteiger partial charge in [0.15, 0.2) is 0 Å². The number of hydrogen-bond acceptors (Lipinski definition) is 4. The summed E-state index contributed by atoms with van der Waals surface area (Å²) >= 11 is 0. The number of imide groups is 1. The average molecular weight is 404 g/mol.